The van der Waals surface area contributed by atoms with Gasteiger partial charge < -0.3 is 9.47 Å². The summed E-state index contributed by atoms with van der Waals surface area (Å²) < 4.78 is 10.6. The van der Waals surface area contributed by atoms with E-state index >= 15 is 0 Å². The third kappa shape index (κ3) is 8.71. The molecule has 0 fully saturated rings. The summed E-state index contributed by atoms with van der Waals surface area (Å²) in [6.45, 7) is 8.83. The fourth-order valence-electron chi connectivity index (χ4n) is 2.32. The summed E-state index contributed by atoms with van der Waals surface area (Å²) in [5.74, 6) is -0.945. The highest BCUT2D eigenvalue weighted by Gasteiger charge is 2.21. The topological polar surface area (TPSA) is 52.6 Å². The molecule has 0 unspecified atom stereocenters. The molecule has 0 aliphatic rings. The molecular weight excluding hydrogens is 316 g/mol. The zero-order chi connectivity index (χ0) is 18.7. The van der Waals surface area contributed by atoms with Crippen molar-refractivity contribution in [1.29, 1.82) is 0 Å². The lowest BCUT2D eigenvalue weighted by atomic mass is 9.98. The lowest BCUT2D eigenvalue weighted by molar-refractivity contribution is 0.0352. The highest BCUT2D eigenvalue weighted by Crippen LogP contribution is 2.17. The zero-order valence-electron chi connectivity index (χ0n) is 16.1. The largest absolute Gasteiger partial charge is 0.462 e. The number of rotatable bonds is 10. The first-order chi connectivity index (χ1) is 11.8. The monoisotopic (exact) mass is 348 g/mol. The van der Waals surface area contributed by atoms with Gasteiger partial charge in [0.1, 0.15) is 0 Å². The summed E-state index contributed by atoms with van der Waals surface area (Å²) in [4.78, 5) is 24.5. The second kappa shape index (κ2) is 10.9. The van der Waals surface area contributed by atoms with Gasteiger partial charge in [0.25, 0.3) is 0 Å². The van der Waals surface area contributed by atoms with Crippen molar-refractivity contribution >= 4 is 11.9 Å². The maximum atomic E-state index is 12.3. The zero-order valence-corrected chi connectivity index (χ0v) is 16.1. The Morgan fingerprint density at radius 1 is 0.840 bits per heavy atom. The van der Waals surface area contributed by atoms with Gasteiger partial charge in [-0.2, -0.15) is 0 Å². The molecule has 0 heterocycles. The Kier molecular flexibility index (Phi) is 9.25. The van der Waals surface area contributed by atoms with Gasteiger partial charge in [-0.1, -0.05) is 71.9 Å². The number of unbranched alkanes of at least 4 members (excludes halogenated alkanes) is 5. The Hall–Kier alpha value is -1.84. The summed E-state index contributed by atoms with van der Waals surface area (Å²) in [6.07, 6.45) is 6.78. The SMILES string of the molecule is CCCCCCCCOC(=O)c1ccccc1C(=O)OCC(C)(C)C. The molecule has 25 heavy (non-hydrogen) atoms. The van der Waals surface area contributed by atoms with E-state index in [1.54, 1.807) is 24.3 Å². The molecule has 1 aromatic carbocycles. The van der Waals surface area contributed by atoms with E-state index in [0.717, 1.165) is 12.8 Å². The number of esters is 2. The van der Waals surface area contributed by atoms with Crippen LogP contribution >= 0.6 is 0 Å². The molecular formula is C21H32O4. The van der Waals surface area contributed by atoms with E-state index in [0.29, 0.717) is 13.2 Å². The molecule has 0 radical (unpaired) electrons. The van der Waals surface area contributed by atoms with Crippen LogP contribution in [0, 0.1) is 5.41 Å². The van der Waals surface area contributed by atoms with Crippen molar-refractivity contribution in [2.45, 2.75) is 66.2 Å². The maximum absolute atomic E-state index is 12.3. The van der Waals surface area contributed by atoms with E-state index in [9.17, 15) is 9.59 Å². The molecule has 1 aromatic rings. The summed E-state index contributed by atoms with van der Waals surface area (Å²) in [7, 11) is 0. The van der Waals surface area contributed by atoms with Crippen LogP contribution in [0.15, 0.2) is 24.3 Å². The molecule has 0 aliphatic carbocycles. The van der Waals surface area contributed by atoms with Gasteiger partial charge in [0.05, 0.1) is 24.3 Å². The minimum Gasteiger partial charge on any atom is -0.462 e. The average molecular weight is 348 g/mol. The number of ether oxygens (including phenoxy) is 2. The quantitative estimate of drug-likeness (QED) is 0.419. The molecule has 0 spiro atoms. The molecule has 0 aromatic heterocycles. The van der Waals surface area contributed by atoms with Crippen molar-refractivity contribution in [2.24, 2.45) is 5.41 Å². The van der Waals surface area contributed by atoms with E-state index in [1.165, 1.54) is 25.7 Å². The smallest absolute Gasteiger partial charge is 0.339 e. The first-order valence-electron chi connectivity index (χ1n) is 9.28. The standard InChI is InChI=1S/C21H32O4/c1-5-6-7-8-9-12-15-24-19(22)17-13-10-11-14-18(17)20(23)25-16-21(2,3)4/h10-11,13-14H,5-9,12,15-16H2,1-4H3. The van der Waals surface area contributed by atoms with Crippen LogP contribution in [0.4, 0.5) is 0 Å². The highest BCUT2D eigenvalue weighted by atomic mass is 16.5. The van der Waals surface area contributed by atoms with Gasteiger partial charge in [0.15, 0.2) is 0 Å². The third-order valence-electron chi connectivity index (χ3n) is 3.73. The Balaban J connectivity index is 2.51. The van der Waals surface area contributed by atoms with Crippen LogP contribution in [0.5, 0.6) is 0 Å². The molecule has 0 saturated heterocycles. The van der Waals surface area contributed by atoms with Crippen molar-refractivity contribution < 1.29 is 19.1 Å². The molecule has 0 saturated carbocycles. The normalized spacial score (nSPS) is 11.2. The maximum Gasteiger partial charge on any atom is 0.339 e. The molecule has 0 N–H and O–H groups in total. The van der Waals surface area contributed by atoms with Crippen LogP contribution in [0.25, 0.3) is 0 Å². The summed E-state index contributed by atoms with van der Waals surface area (Å²) in [5, 5.41) is 0. The van der Waals surface area contributed by atoms with Gasteiger partial charge in [0.2, 0.25) is 0 Å². The number of hydrogen-bond acceptors (Lipinski definition) is 4. The lowest BCUT2D eigenvalue weighted by Gasteiger charge is -2.18. The Morgan fingerprint density at radius 2 is 1.36 bits per heavy atom. The van der Waals surface area contributed by atoms with E-state index in [4.69, 9.17) is 9.47 Å². The highest BCUT2D eigenvalue weighted by molar-refractivity contribution is 6.03. The van der Waals surface area contributed by atoms with Crippen molar-refractivity contribution in [2.75, 3.05) is 13.2 Å². The van der Waals surface area contributed by atoms with Crippen LogP contribution in [0.1, 0.15) is 86.9 Å². The first kappa shape index (κ1) is 21.2. The number of benzene rings is 1. The predicted octanol–water partition coefficient (Wildman–Crippen LogP) is 5.41. The molecule has 4 nitrogen and oxygen atoms in total. The van der Waals surface area contributed by atoms with Gasteiger partial charge in [-0.3, -0.25) is 0 Å². The van der Waals surface area contributed by atoms with Gasteiger partial charge in [-0.05, 0) is 24.0 Å². The summed E-state index contributed by atoms with van der Waals surface area (Å²) >= 11 is 0. The van der Waals surface area contributed by atoms with Gasteiger partial charge in [-0.25, -0.2) is 9.59 Å². The van der Waals surface area contributed by atoms with E-state index in [2.05, 4.69) is 6.92 Å². The third-order valence-corrected chi connectivity index (χ3v) is 3.73. The second-order valence-electron chi connectivity index (χ2n) is 7.59. The predicted molar refractivity (Wildman–Crippen MR) is 99.8 cm³/mol. The van der Waals surface area contributed by atoms with Gasteiger partial charge >= 0.3 is 11.9 Å². The second-order valence-corrected chi connectivity index (χ2v) is 7.59. The Morgan fingerprint density at radius 3 is 1.92 bits per heavy atom. The van der Waals surface area contributed by atoms with E-state index in [1.807, 2.05) is 20.8 Å². The van der Waals surface area contributed by atoms with E-state index in [-0.39, 0.29) is 16.5 Å². The molecule has 1 rings (SSSR count). The minimum absolute atomic E-state index is 0.122. The molecule has 140 valence electrons. The Labute approximate surface area is 151 Å². The summed E-state index contributed by atoms with van der Waals surface area (Å²) in [6, 6.07) is 6.66. The van der Waals surface area contributed by atoms with Crippen molar-refractivity contribution in [1.82, 2.24) is 0 Å². The van der Waals surface area contributed by atoms with Crippen LogP contribution in [0.2, 0.25) is 0 Å². The van der Waals surface area contributed by atoms with Crippen molar-refractivity contribution in [3.05, 3.63) is 35.4 Å². The van der Waals surface area contributed by atoms with Crippen molar-refractivity contribution in [3.8, 4) is 0 Å². The molecule has 0 atom stereocenters. The lowest BCUT2D eigenvalue weighted by Crippen LogP contribution is -2.20. The fourth-order valence-corrected chi connectivity index (χ4v) is 2.32. The molecule has 0 amide bonds. The van der Waals surface area contributed by atoms with Crippen LogP contribution in [-0.4, -0.2) is 25.2 Å². The van der Waals surface area contributed by atoms with Crippen LogP contribution in [-0.2, 0) is 9.47 Å². The average Bonchev–Trinajstić information content (AvgIpc) is 2.58. The molecule has 0 aliphatic heterocycles. The summed E-state index contributed by atoms with van der Waals surface area (Å²) in [5.41, 5.74) is 0.412. The van der Waals surface area contributed by atoms with Crippen molar-refractivity contribution in [3.63, 3.8) is 0 Å². The van der Waals surface area contributed by atoms with Crippen LogP contribution < -0.4 is 0 Å². The first-order valence-corrected chi connectivity index (χ1v) is 9.28. The number of carbonyl (C=O) groups excluding carboxylic acids is 2. The minimum atomic E-state index is -0.484. The van der Waals surface area contributed by atoms with Gasteiger partial charge in [0, 0.05) is 0 Å². The van der Waals surface area contributed by atoms with E-state index < -0.39 is 11.9 Å². The molecule has 0 bridgehead atoms. The number of hydrogen-bond donors (Lipinski definition) is 0. The van der Waals surface area contributed by atoms with Crippen LogP contribution in [0.3, 0.4) is 0 Å². The Bertz CT molecular complexity index is 543. The van der Waals surface area contributed by atoms with Gasteiger partial charge in [-0.15, -0.1) is 0 Å². The number of carbonyl (C=O) groups is 2. The fraction of sp³-hybridized carbons (Fsp3) is 0.619. The molecule has 4 heteroatoms.